The van der Waals surface area contributed by atoms with Crippen molar-refractivity contribution in [3.8, 4) is 5.75 Å². The van der Waals surface area contributed by atoms with Gasteiger partial charge in [-0.25, -0.2) is 4.79 Å². The van der Waals surface area contributed by atoms with E-state index in [4.69, 9.17) is 9.47 Å². The van der Waals surface area contributed by atoms with Crippen LogP contribution in [0.1, 0.15) is 38.8 Å². The van der Waals surface area contributed by atoms with Crippen LogP contribution >= 0.6 is 0 Å². The van der Waals surface area contributed by atoms with Crippen LogP contribution in [0.25, 0.3) is 6.08 Å². The second-order valence-electron chi connectivity index (χ2n) is 7.86. The predicted octanol–water partition coefficient (Wildman–Crippen LogP) is 4.98. The van der Waals surface area contributed by atoms with Crippen LogP contribution in [0.3, 0.4) is 0 Å². The molecule has 0 spiro atoms. The van der Waals surface area contributed by atoms with E-state index >= 15 is 0 Å². The van der Waals surface area contributed by atoms with Crippen LogP contribution in [-0.4, -0.2) is 29.9 Å². The van der Waals surface area contributed by atoms with E-state index in [2.05, 4.69) is 0 Å². The lowest BCUT2D eigenvalue weighted by molar-refractivity contribution is -0.138. The molecule has 0 fully saturated rings. The van der Waals surface area contributed by atoms with Crippen LogP contribution in [0.4, 0.5) is 0 Å². The van der Waals surface area contributed by atoms with Crippen molar-refractivity contribution in [2.75, 3.05) is 13.2 Å². The second kappa shape index (κ2) is 10.1. The van der Waals surface area contributed by atoms with Crippen LogP contribution in [0, 0.1) is 5.92 Å². The molecule has 2 aromatic rings. The fourth-order valence-electron chi connectivity index (χ4n) is 3.54. The number of benzene rings is 2. The predicted molar refractivity (Wildman–Crippen MR) is 121 cm³/mol. The third-order valence-electron chi connectivity index (χ3n) is 4.99. The average molecular weight is 420 g/mol. The fourth-order valence-corrected chi connectivity index (χ4v) is 3.54. The van der Waals surface area contributed by atoms with Crippen LogP contribution in [-0.2, 0) is 20.9 Å². The third kappa shape index (κ3) is 5.23. The number of ether oxygens (including phenoxy) is 2. The maximum absolute atomic E-state index is 13.2. The van der Waals surface area contributed by atoms with Gasteiger partial charge in [0.05, 0.1) is 17.8 Å². The SMILES string of the molecule is CCOC(=O)C1=C(C)N(CC(C)C)C(=O)C1=Cc1ccccc1OCc1ccccc1. The van der Waals surface area contributed by atoms with E-state index in [1.54, 1.807) is 24.8 Å². The fraction of sp³-hybridized carbons (Fsp3) is 0.308. The number of rotatable bonds is 8. The molecule has 5 heteroatoms. The van der Waals surface area contributed by atoms with Gasteiger partial charge in [-0.2, -0.15) is 0 Å². The Morgan fingerprint density at radius 3 is 2.42 bits per heavy atom. The van der Waals surface area contributed by atoms with E-state index in [-0.39, 0.29) is 18.4 Å². The van der Waals surface area contributed by atoms with Crippen LogP contribution in [0.2, 0.25) is 0 Å². The third-order valence-corrected chi connectivity index (χ3v) is 4.99. The zero-order valence-corrected chi connectivity index (χ0v) is 18.6. The normalized spacial score (nSPS) is 15.2. The van der Waals surface area contributed by atoms with Gasteiger partial charge in [0.1, 0.15) is 12.4 Å². The standard InChI is InChI=1S/C26H29NO4/c1-5-30-26(29)24-19(4)27(16-18(2)3)25(28)22(24)15-21-13-9-10-14-23(21)31-17-20-11-7-6-8-12-20/h6-15,18H,5,16-17H2,1-4H3. The Labute approximate surface area is 184 Å². The van der Waals surface area contributed by atoms with Gasteiger partial charge in [0.15, 0.2) is 0 Å². The van der Waals surface area contributed by atoms with Gasteiger partial charge in [0.2, 0.25) is 0 Å². The molecule has 0 saturated heterocycles. The topological polar surface area (TPSA) is 55.8 Å². The summed E-state index contributed by atoms with van der Waals surface area (Å²) in [5.74, 6) is 0.249. The molecule has 1 amide bonds. The molecular formula is C26H29NO4. The van der Waals surface area contributed by atoms with Crippen LogP contribution in [0.15, 0.2) is 71.4 Å². The number of carbonyl (C=O) groups excluding carboxylic acids is 2. The van der Waals surface area contributed by atoms with E-state index in [1.165, 1.54) is 0 Å². The molecule has 5 nitrogen and oxygen atoms in total. The molecule has 0 atom stereocenters. The summed E-state index contributed by atoms with van der Waals surface area (Å²) in [6, 6.07) is 17.4. The number of para-hydroxylation sites is 1. The van der Waals surface area contributed by atoms with Gasteiger partial charge < -0.3 is 14.4 Å². The first-order valence-electron chi connectivity index (χ1n) is 10.6. The van der Waals surface area contributed by atoms with E-state index in [0.717, 1.165) is 11.1 Å². The lowest BCUT2D eigenvalue weighted by Gasteiger charge is -2.20. The molecule has 0 aromatic heterocycles. The first kappa shape index (κ1) is 22.3. The average Bonchev–Trinajstić information content (AvgIpc) is 2.98. The zero-order chi connectivity index (χ0) is 22.4. The molecule has 1 heterocycles. The van der Waals surface area contributed by atoms with Gasteiger partial charge in [-0.15, -0.1) is 0 Å². The van der Waals surface area contributed by atoms with Gasteiger partial charge in [0, 0.05) is 17.8 Å². The molecule has 0 radical (unpaired) electrons. The van der Waals surface area contributed by atoms with Crippen molar-refractivity contribution in [2.45, 2.75) is 34.3 Å². The Morgan fingerprint density at radius 1 is 1.06 bits per heavy atom. The smallest absolute Gasteiger partial charge is 0.340 e. The van der Waals surface area contributed by atoms with Crippen LogP contribution < -0.4 is 4.74 Å². The minimum Gasteiger partial charge on any atom is -0.488 e. The molecular weight excluding hydrogens is 390 g/mol. The quantitative estimate of drug-likeness (QED) is 0.447. The number of hydrogen-bond donors (Lipinski definition) is 0. The summed E-state index contributed by atoms with van der Waals surface area (Å²) in [7, 11) is 0. The number of amides is 1. The van der Waals surface area contributed by atoms with Crippen molar-refractivity contribution < 1.29 is 19.1 Å². The molecule has 1 aliphatic rings. The van der Waals surface area contributed by atoms with Gasteiger partial charge in [-0.05, 0) is 37.5 Å². The summed E-state index contributed by atoms with van der Waals surface area (Å²) in [4.78, 5) is 27.6. The Bertz CT molecular complexity index is 1010. The van der Waals surface area contributed by atoms with Crippen molar-refractivity contribution in [1.29, 1.82) is 0 Å². The van der Waals surface area contributed by atoms with E-state index in [9.17, 15) is 9.59 Å². The summed E-state index contributed by atoms with van der Waals surface area (Å²) in [5, 5.41) is 0. The molecule has 0 saturated carbocycles. The Morgan fingerprint density at radius 2 is 1.74 bits per heavy atom. The first-order chi connectivity index (χ1) is 14.9. The summed E-state index contributed by atoms with van der Waals surface area (Å²) >= 11 is 0. The maximum Gasteiger partial charge on any atom is 0.340 e. The number of carbonyl (C=O) groups is 2. The summed E-state index contributed by atoms with van der Waals surface area (Å²) in [6.07, 6.45) is 1.73. The lowest BCUT2D eigenvalue weighted by Crippen LogP contribution is -2.28. The monoisotopic (exact) mass is 419 g/mol. The number of hydrogen-bond acceptors (Lipinski definition) is 4. The summed E-state index contributed by atoms with van der Waals surface area (Å²) < 4.78 is 11.3. The molecule has 3 rings (SSSR count). The first-order valence-corrected chi connectivity index (χ1v) is 10.6. The molecule has 0 N–H and O–H groups in total. The number of nitrogens with zero attached hydrogens (tertiary/aromatic N) is 1. The second-order valence-corrected chi connectivity index (χ2v) is 7.86. The van der Waals surface area contributed by atoms with E-state index in [0.29, 0.717) is 35.7 Å². The Balaban J connectivity index is 1.97. The minimum absolute atomic E-state index is 0.188. The van der Waals surface area contributed by atoms with E-state index in [1.807, 2.05) is 68.4 Å². The molecule has 162 valence electrons. The molecule has 31 heavy (non-hydrogen) atoms. The molecule has 0 aliphatic carbocycles. The lowest BCUT2D eigenvalue weighted by atomic mass is 10.0. The molecule has 1 aliphatic heterocycles. The van der Waals surface area contributed by atoms with Crippen LogP contribution in [0.5, 0.6) is 5.75 Å². The highest BCUT2D eigenvalue weighted by Crippen LogP contribution is 2.34. The number of allylic oxidation sites excluding steroid dienone is 1. The highest BCUT2D eigenvalue weighted by atomic mass is 16.5. The van der Waals surface area contributed by atoms with Crippen molar-refractivity contribution in [3.63, 3.8) is 0 Å². The maximum atomic E-state index is 13.2. The van der Waals surface area contributed by atoms with Gasteiger partial charge in [-0.1, -0.05) is 62.4 Å². The highest BCUT2D eigenvalue weighted by Gasteiger charge is 2.37. The molecule has 2 aromatic carbocycles. The van der Waals surface area contributed by atoms with Crippen molar-refractivity contribution in [2.24, 2.45) is 5.92 Å². The Hall–Kier alpha value is -3.34. The zero-order valence-electron chi connectivity index (χ0n) is 18.6. The van der Waals surface area contributed by atoms with E-state index < -0.39 is 5.97 Å². The van der Waals surface area contributed by atoms with Gasteiger partial charge >= 0.3 is 5.97 Å². The highest BCUT2D eigenvalue weighted by molar-refractivity contribution is 6.16. The number of esters is 1. The molecule has 0 unspecified atom stereocenters. The summed E-state index contributed by atoms with van der Waals surface area (Å²) in [6.45, 7) is 8.83. The largest absolute Gasteiger partial charge is 0.488 e. The molecule has 0 bridgehead atoms. The summed E-state index contributed by atoms with van der Waals surface area (Å²) in [5.41, 5.74) is 3.08. The van der Waals surface area contributed by atoms with Crippen molar-refractivity contribution in [1.82, 2.24) is 4.90 Å². The van der Waals surface area contributed by atoms with Crippen molar-refractivity contribution >= 4 is 18.0 Å². The Kier molecular flexibility index (Phi) is 7.29. The minimum atomic E-state index is -0.478. The van der Waals surface area contributed by atoms with Crippen molar-refractivity contribution in [3.05, 3.63) is 82.6 Å². The van der Waals surface area contributed by atoms with Gasteiger partial charge in [-0.3, -0.25) is 4.79 Å². The van der Waals surface area contributed by atoms with Gasteiger partial charge in [0.25, 0.3) is 5.91 Å².